The first-order valence-corrected chi connectivity index (χ1v) is 6.27. The number of rotatable bonds is 5. The van der Waals surface area contributed by atoms with Crippen molar-refractivity contribution in [3.8, 4) is 16.9 Å². The molecule has 0 aromatic heterocycles. The first-order chi connectivity index (χ1) is 9.20. The minimum absolute atomic E-state index is 0.152. The molecule has 19 heavy (non-hydrogen) atoms. The van der Waals surface area contributed by atoms with Gasteiger partial charge in [-0.2, -0.15) is 0 Å². The van der Waals surface area contributed by atoms with Crippen molar-refractivity contribution < 1.29 is 9.90 Å². The Morgan fingerprint density at radius 1 is 1.05 bits per heavy atom. The number of phenolic OH excluding ortho intramolecular Hbond substituents is 1. The maximum atomic E-state index is 10.3. The number of carbonyl (C=O) groups is 1. The lowest BCUT2D eigenvalue weighted by Gasteiger charge is -2.12. The summed E-state index contributed by atoms with van der Waals surface area (Å²) in [5, 5.41) is 12.4. The minimum Gasteiger partial charge on any atom is -0.508 e. The third-order valence-electron chi connectivity index (χ3n) is 3.12. The van der Waals surface area contributed by atoms with Crippen molar-refractivity contribution >= 4 is 6.29 Å². The molecule has 0 spiro atoms. The average molecular weight is 255 g/mol. The molecule has 0 bridgehead atoms. The topological polar surface area (TPSA) is 49.3 Å². The fourth-order valence-corrected chi connectivity index (χ4v) is 1.96. The summed E-state index contributed by atoms with van der Waals surface area (Å²) in [6.45, 7) is 2.39. The van der Waals surface area contributed by atoms with E-state index < -0.39 is 0 Å². The molecule has 0 amide bonds. The van der Waals surface area contributed by atoms with Gasteiger partial charge in [0.05, 0.1) is 6.54 Å². The Balaban J connectivity index is 2.13. The fraction of sp³-hybridized carbons (Fsp3) is 0.188. The van der Waals surface area contributed by atoms with E-state index in [9.17, 15) is 9.90 Å². The summed E-state index contributed by atoms with van der Waals surface area (Å²) in [6, 6.07) is 15.5. The van der Waals surface area contributed by atoms with Gasteiger partial charge in [0.15, 0.2) is 0 Å². The second kappa shape index (κ2) is 6.16. The van der Waals surface area contributed by atoms with Gasteiger partial charge in [-0.25, -0.2) is 0 Å². The van der Waals surface area contributed by atoms with Gasteiger partial charge in [0.25, 0.3) is 0 Å². The lowest BCUT2D eigenvalue weighted by atomic mass is 10.0. The average Bonchev–Trinajstić information content (AvgIpc) is 2.46. The predicted octanol–water partition coefficient (Wildman–Crippen LogP) is 2.91. The molecular weight excluding hydrogens is 238 g/mol. The second-order valence-corrected chi connectivity index (χ2v) is 4.47. The summed E-state index contributed by atoms with van der Waals surface area (Å²) in [6.07, 6.45) is 0.862. The van der Waals surface area contributed by atoms with Crippen molar-refractivity contribution in [3.63, 3.8) is 0 Å². The highest BCUT2D eigenvalue weighted by molar-refractivity contribution is 5.64. The van der Waals surface area contributed by atoms with Crippen molar-refractivity contribution in [2.24, 2.45) is 0 Å². The highest BCUT2D eigenvalue weighted by atomic mass is 16.3. The molecule has 2 aromatic carbocycles. The van der Waals surface area contributed by atoms with E-state index in [2.05, 4.69) is 5.32 Å². The highest BCUT2D eigenvalue weighted by Gasteiger charge is 2.04. The standard InChI is InChI=1S/C16H17NO2/c1-12(17-10-11-18)13-2-4-14(5-3-13)15-6-8-16(19)9-7-15/h2-9,11-12,17,19H,10H2,1H3. The van der Waals surface area contributed by atoms with Crippen LogP contribution >= 0.6 is 0 Å². The number of hydrogen-bond donors (Lipinski definition) is 2. The van der Waals surface area contributed by atoms with Gasteiger partial charge < -0.3 is 15.2 Å². The number of benzene rings is 2. The monoisotopic (exact) mass is 255 g/mol. The normalized spacial score (nSPS) is 12.1. The molecule has 0 saturated heterocycles. The number of carbonyl (C=O) groups excluding carboxylic acids is 1. The number of aromatic hydroxyl groups is 1. The zero-order valence-electron chi connectivity index (χ0n) is 10.8. The molecule has 0 radical (unpaired) electrons. The number of aldehydes is 1. The molecule has 0 fully saturated rings. The highest BCUT2D eigenvalue weighted by Crippen LogP contribution is 2.23. The number of nitrogens with one attached hydrogen (secondary N) is 1. The van der Waals surface area contributed by atoms with Gasteiger partial charge in [-0.1, -0.05) is 36.4 Å². The van der Waals surface area contributed by atoms with Crippen LogP contribution in [0.5, 0.6) is 5.75 Å². The number of hydrogen-bond acceptors (Lipinski definition) is 3. The summed E-state index contributed by atoms with van der Waals surface area (Å²) < 4.78 is 0. The molecule has 3 nitrogen and oxygen atoms in total. The molecule has 2 aromatic rings. The van der Waals surface area contributed by atoms with Crippen LogP contribution in [0.1, 0.15) is 18.5 Å². The van der Waals surface area contributed by atoms with Crippen LogP contribution in [-0.4, -0.2) is 17.9 Å². The first-order valence-electron chi connectivity index (χ1n) is 6.27. The van der Waals surface area contributed by atoms with Crippen LogP contribution in [0.2, 0.25) is 0 Å². The Bertz CT molecular complexity index is 532. The van der Waals surface area contributed by atoms with Crippen LogP contribution < -0.4 is 5.32 Å². The van der Waals surface area contributed by atoms with Crippen LogP contribution in [-0.2, 0) is 4.79 Å². The molecule has 0 aliphatic carbocycles. The lowest BCUT2D eigenvalue weighted by molar-refractivity contribution is -0.107. The molecule has 0 aliphatic heterocycles. The molecular formula is C16H17NO2. The summed E-state index contributed by atoms with van der Waals surface area (Å²) in [7, 11) is 0. The Morgan fingerprint density at radius 2 is 1.58 bits per heavy atom. The Labute approximate surface area is 112 Å². The van der Waals surface area contributed by atoms with Crippen molar-refractivity contribution in [2.45, 2.75) is 13.0 Å². The first kappa shape index (κ1) is 13.3. The Kier molecular flexibility index (Phi) is 4.31. The minimum atomic E-state index is 0.152. The van der Waals surface area contributed by atoms with Crippen LogP contribution in [0.25, 0.3) is 11.1 Å². The largest absolute Gasteiger partial charge is 0.508 e. The molecule has 1 unspecified atom stereocenters. The van der Waals surface area contributed by atoms with Crippen molar-refractivity contribution in [3.05, 3.63) is 54.1 Å². The third-order valence-corrected chi connectivity index (χ3v) is 3.12. The van der Waals surface area contributed by atoms with E-state index in [-0.39, 0.29) is 11.8 Å². The van der Waals surface area contributed by atoms with E-state index in [0.29, 0.717) is 6.54 Å². The Hall–Kier alpha value is -2.13. The molecule has 3 heteroatoms. The quantitative estimate of drug-likeness (QED) is 0.808. The SMILES string of the molecule is CC(NCC=O)c1ccc(-c2ccc(O)cc2)cc1. The Morgan fingerprint density at radius 3 is 2.11 bits per heavy atom. The second-order valence-electron chi connectivity index (χ2n) is 4.47. The maximum absolute atomic E-state index is 10.3. The van der Waals surface area contributed by atoms with Gasteiger partial charge in [0, 0.05) is 6.04 Å². The van der Waals surface area contributed by atoms with Gasteiger partial charge >= 0.3 is 0 Å². The smallest absolute Gasteiger partial charge is 0.133 e. The van der Waals surface area contributed by atoms with E-state index in [1.54, 1.807) is 12.1 Å². The summed E-state index contributed by atoms with van der Waals surface area (Å²) in [5.74, 6) is 0.270. The van der Waals surface area contributed by atoms with Crippen LogP contribution in [0, 0.1) is 0 Å². The van der Waals surface area contributed by atoms with E-state index in [1.165, 1.54) is 0 Å². The zero-order valence-corrected chi connectivity index (χ0v) is 10.8. The van der Waals surface area contributed by atoms with Crippen molar-refractivity contribution in [2.75, 3.05) is 6.54 Å². The van der Waals surface area contributed by atoms with Crippen LogP contribution in [0.4, 0.5) is 0 Å². The van der Waals surface area contributed by atoms with Gasteiger partial charge in [-0.3, -0.25) is 0 Å². The third kappa shape index (κ3) is 3.42. The van der Waals surface area contributed by atoms with E-state index in [4.69, 9.17) is 0 Å². The van der Waals surface area contributed by atoms with E-state index >= 15 is 0 Å². The van der Waals surface area contributed by atoms with E-state index in [1.807, 2.05) is 43.3 Å². The van der Waals surface area contributed by atoms with Gasteiger partial charge in [0.2, 0.25) is 0 Å². The zero-order chi connectivity index (χ0) is 13.7. The summed E-state index contributed by atoms with van der Waals surface area (Å²) in [4.78, 5) is 10.3. The maximum Gasteiger partial charge on any atom is 0.133 e. The van der Waals surface area contributed by atoms with Crippen LogP contribution in [0.3, 0.4) is 0 Å². The van der Waals surface area contributed by atoms with E-state index in [0.717, 1.165) is 23.0 Å². The summed E-state index contributed by atoms with van der Waals surface area (Å²) >= 11 is 0. The number of phenols is 1. The molecule has 0 saturated carbocycles. The summed E-state index contributed by atoms with van der Waals surface area (Å²) in [5.41, 5.74) is 3.31. The molecule has 1 atom stereocenters. The van der Waals surface area contributed by atoms with Crippen molar-refractivity contribution in [1.29, 1.82) is 0 Å². The fourth-order valence-electron chi connectivity index (χ4n) is 1.96. The lowest BCUT2D eigenvalue weighted by Crippen LogP contribution is -2.20. The molecule has 98 valence electrons. The van der Waals surface area contributed by atoms with Crippen molar-refractivity contribution in [1.82, 2.24) is 5.32 Å². The molecule has 0 aliphatic rings. The molecule has 2 N–H and O–H groups in total. The molecule has 2 rings (SSSR count). The van der Waals surface area contributed by atoms with Crippen LogP contribution in [0.15, 0.2) is 48.5 Å². The molecule has 0 heterocycles. The van der Waals surface area contributed by atoms with Gasteiger partial charge in [0.1, 0.15) is 12.0 Å². The van der Waals surface area contributed by atoms with Gasteiger partial charge in [-0.05, 0) is 35.7 Å². The predicted molar refractivity (Wildman–Crippen MR) is 76.0 cm³/mol. The van der Waals surface area contributed by atoms with Gasteiger partial charge in [-0.15, -0.1) is 0 Å².